The highest BCUT2D eigenvalue weighted by atomic mass is 32.2. The molecule has 0 aliphatic rings. The lowest BCUT2D eigenvalue weighted by atomic mass is 10.6. The Morgan fingerprint density at radius 3 is 3.08 bits per heavy atom. The molecule has 1 aromatic rings. The van der Waals surface area contributed by atoms with E-state index in [-0.39, 0.29) is 0 Å². The first kappa shape index (κ1) is 9.30. The van der Waals surface area contributed by atoms with Crippen molar-refractivity contribution in [2.24, 2.45) is 4.99 Å². The van der Waals surface area contributed by atoms with Crippen LogP contribution in [0.4, 0.5) is 0 Å². The molecule has 1 aromatic heterocycles. The van der Waals surface area contributed by atoms with Gasteiger partial charge < -0.3 is 0 Å². The molecule has 2 nitrogen and oxygen atoms in total. The van der Waals surface area contributed by atoms with Gasteiger partial charge in [0.2, 0.25) is 0 Å². The fourth-order valence-electron chi connectivity index (χ4n) is 0.590. The maximum Gasteiger partial charge on any atom is 0.167 e. The highest BCUT2D eigenvalue weighted by Gasteiger charge is 1.89. The molecule has 0 aromatic carbocycles. The molecule has 0 radical (unpaired) electrons. The first-order valence-corrected chi connectivity index (χ1v) is 5.39. The summed E-state index contributed by atoms with van der Waals surface area (Å²) in [5, 5.41) is 3.58. The lowest BCUT2D eigenvalue weighted by molar-refractivity contribution is 1.39. The zero-order valence-electron chi connectivity index (χ0n) is 6.87. The molecule has 0 amide bonds. The zero-order valence-corrected chi connectivity index (χ0v) is 8.50. The van der Waals surface area contributed by atoms with Crippen molar-refractivity contribution in [1.29, 1.82) is 0 Å². The van der Waals surface area contributed by atoms with E-state index in [0.717, 1.165) is 10.1 Å². The summed E-state index contributed by atoms with van der Waals surface area (Å²) in [7, 11) is 1.74. The second-order valence-corrected chi connectivity index (χ2v) is 3.51. The summed E-state index contributed by atoms with van der Waals surface area (Å²) in [6.07, 6.45) is 3.70. The summed E-state index contributed by atoms with van der Waals surface area (Å²) in [5.41, 5.74) is 0. The molecule has 0 aliphatic heterocycles. The van der Waals surface area contributed by atoms with Crippen molar-refractivity contribution in [1.82, 2.24) is 4.98 Å². The molecule has 0 N–H and O–H groups in total. The van der Waals surface area contributed by atoms with Crippen molar-refractivity contribution in [3.8, 4) is 11.8 Å². The summed E-state index contributed by atoms with van der Waals surface area (Å²) in [6, 6.07) is 0. The van der Waals surface area contributed by atoms with E-state index in [1.807, 2.05) is 11.6 Å². The Morgan fingerprint density at radius 1 is 1.75 bits per heavy atom. The first-order chi connectivity index (χ1) is 5.86. The molecule has 0 unspecified atom stereocenters. The number of thioether (sulfide) groups is 1. The van der Waals surface area contributed by atoms with E-state index < -0.39 is 0 Å². The van der Waals surface area contributed by atoms with Gasteiger partial charge in [-0.2, -0.15) is 0 Å². The number of aliphatic imine (C=N–C) groups is 1. The highest BCUT2D eigenvalue weighted by Crippen LogP contribution is 2.02. The largest absolute Gasteiger partial charge is 0.273 e. The molecule has 0 spiro atoms. The fraction of sp³-hybridized carbons (Fsp3) is 0.250. The zero-order chi connectivity index (χ0) is 8.81. The van der Waals surface area contributed by atoms with Crippen LogP contribution in [0.25, 0.3) is 0 Å². The van der Waals surface area contributed by atoms with Gasteiger partial charge in [0.05, 0.1) is 0 Å². The normalized spacial score (nSPS) is 10.7. The van der Waals surface area contributed by atoms with Gasteiger partial charge in [0.25, 0.3) is 0 Å². The van der Waals surface area contributed by atoms with E-state index in [1.165, 1.54) is 11.3 Å². The molecule has 12 heavy (non-hydrogen) atoms. The summed E-state index contributed by atoms with van der Waals surface area (Å²) < 4.78 is 0. The molecule has 0 atom stereocenters. The van der Waals surface area contributed by atoms with Crippen LogP contribution in [-0.2, 0) is 0 Å². The molecule has 0 fully saturated rings. The van der Waals surface area contributed by atoms with Crippen LogP contribution in [0, 0.1) is 11.8 Å². The van der Waals surface area contributed by atoms with Gasteiger partial charge in [0, 0.05) is 18.6 Å². The predicted octanol–water partition coefficient (Wildman–Crippen LogP) is 1.89. The van der Waals surface area contributed by atoms with Crippen LogP contribution in [0.1, 0.15) is 5.01 Å². The fourth-order valence-corrected chi connectivity index (χ4v) is 1.41. The SMILES string of the molecule is CN=C(C#Cc1nccs1)SC. The van der Waals surface area contributed by atoms with E-state index in [1.54, 1.807) is 25.0 Å². The molecular formula is C8H8N2S2. The van der Waals surface area contributed by atoms with E-state index in [9.17, 15) is 0 Å². The van der Waals surface area contributed by atoms with Crippen molar-refractivity contribution in [2.75, 3.05) is 13.3 Å². The minimum atomic E-state index is 0.838. The summed E-state index contributed by atoms with van der Waals surface area (Å²) in [5.74, 6) is 5.86. The van der Waals surface area contributed by atoms with Crippen LogP contribution < -0.4 is 0 Å². The molecule has 0 aliphatic carbocycles. The van der Waals surface area contributed by atoms with Crippen molar-refractivity contribution in [3.63, 3.8) is 0 Å². The molecule has 0 saturated carbocycles. The molecular weight excluding hydrogens is 188 g/mol. The Labute approximate surface area is 80.1 Å². The van der Waals surface area contributed by atoms with Crippen LogP contribution >= 0.6 is 23.1 Å². The monoisotopic (exact) mass is 196 g/mol. The van der Waals surface area contributed by atoms with Gasteiger partial charge in [-0.3, -0.25) is 4.99 Å². The molecule has 4 heteroatoms. The number of thiazole rings is 1. The van der Waals surface area contributed by atoms with Crippen molar-refractivity contribution in [2.45, 2.75) is 0 Å². The van der Waals surface area contributed by atoms with Crippen LogP contribution in [0.3, 0.4) is 0 Å². The Bertz CT molecular complexity index is 317. The minimum absolute atomic E-state index is 0.838. The van der Waals surface area contributed by atoms with Gasteiger partial charge in [0.15, 0.2) is 5.01 Å². The lowest BCUT2D eigenvalue weighted by Gasteiger charge is -1.85. The number of aromatic nitrogens is 1. The van der Waals surface area contributed by atoms with Gasteiger partial charge in [-0.15, -0.1) is 23.1 Å². The number of hydrogen-bond acceptors (Lipinski definition) is 4. The molecule has 0 bridgehead atoms. The third-order valence-corrected chi connectivity index (χ3v) is 2.46. The number of nitrogens with zero attached hydrogens (tertiary/aromatic N) is 2. The van der Waals surface area contributed by atoms with E-state index >= 15 is 0 Å². The van der Waals surface area contributed by atoms with Gasteiger partial charge in [-0.1, -0.05) is 0 Å². The first-order valence-electron chi connectivity index (χ1n) is 3.29. The van der Waals surface area contributed by atoms with E-state index in [0.29, 0.717) is 0 Å². The molecule has 0 saturated heterocycles. The van der Waals surface area contributed by atoms with E-state index in [2.05, 4.69) is 21.8 Å². The van der Waals surface area contributed by atoms with Crippen molar-refractivity contribution < 1.29 is 0 Å². The molecule has 62 valence electrons. The quantitative estimate of drug-likeness (QED) is 0.359. The molecule has 1 heterocycles. The topological polar surface area (TPSA) is 25.2 Å². The van der Waals surface area contributed by atoms with Crippen molar-refractivity contribution in [3.05, 3.63) is 16.6 Å². The van der Waals surface area contributed by atoms with Crippen LogP contribution in [0.5, 0.6) is 0 Å². The van der Waals surface area contributed by atoms with Gasteiger partial charge >= 0.3 is 0 Å². The van der Waals surface area contributed by atoms with Gasteiger partial charge in [-0.25, -0.2) is 4.98 Å². The minimum Gasteiger partial charge on any atom is -0.273 e. The maximum absolute atomic E-state index is 4.04. The molecule has 1 rings (SSSR count). The third-order valence-electron chi connectivity index (χ3n) is 1.11. The lowest BCUT2D eigenvalue weighted by Crippen LogP contribution is -1.84. The smallest absolute Gasteiger partial charge is 0.167 e. The average molecular weight is 196 g/mol. The Morgan fingerprint density at radius 2 is 2.58 bits per heavy atom. The van der Waals surface area contributed by atoms with Gasteiger partial charge in [-0.05, 0) is 18.1 Å². The summed E-state index contributed by atoms with van der Waals surface area (Å²) >= 11 is 3.08. The van der Waals surface area contributed by atoms with Crippen molar-refractivity contribution >= 4 is 28.1 Å². The van der Waals surface area contributed by atoms with E-state index in [4.69, 9.17) is 0 Å². The standard InChI is InChI=1S/C8H8N2S2/c1-9-7(11-2)3-4-8-10-5-6-12-8/h5-6H,1-2H3. The Hall–Kier alpha value is -0.790. The number of rotatable bonds is 0. The number of hydrogen-bond donors (Lipinski definition) is 0. The Kier molecular flexibility index (Phi) is 3.85. The second kappa shape index (κ2) is 4.96. The summed E-state index contributed by atoms with van der Waals surface area (Å²) in [6.45, 7) is 0. The maximum atomic E-state index is 4.04. The van der Waals surface area contributed by atoms with Crippen LogP contribution in [0.2, 0.25) is 0 Å². The van der Waals surface area contributed by atoms with Gasteiger partial charge in [0.1, 0.15) is 5.04 Å². The third kappa shape index (κ3) is 2.68. The Balaban J connectivity index is 2.72. The van der Waals surface area contributed by atoms with Crippen LogP contribution in [-0.4, -0.2) is 23.3 Å². The second-order valence-electron chi connectivity index (χ2n) is 1.82. The summed E-state index contributed by atoms with van der Waals surface area (Å²) in [4.78, 5) is 8.03. The predicted molar refractivity (Wildman–Crippen MR) is 55.9 cm³/mol. The average Bonchev–Trinajstić information content (AvgIpc) is 2.59. The highest BCUT2D eigenvalue weighted by molar-refractivity contribution is 8.13. The van der Waals surface area contributed by atoms with Crippen LogP contribution in [0.15, 0.2) is 16.6 Å².